The third-order valence-corrected chi connectivity index (χ3v) is 2.62. The topological polar surface area (TPSA) is 0 Å². The largest absolute Gasteiger partial charge is 0.0985 e. The summed E-state index contributed by atoms with van der Waals surface area (Å²) in [6.07, 6.45) is 3.76. The van der Waals surface area contributed by atoms with Gasteiger partial charge in [0, 0.05) is 0 Å². The Bertz CT molecular complexity index is 533. The molecule has 0 atom stereocenters. The van der Waals surface area contributed by atoms with E-state index in [0.29, 0.717) is 0 Å². The van der Waals surface area contributed by atoms with Crippen LogP contribution in [0.5, 0.6) is 0 Å². The van der Waals surface area contributed by atoms with Gasteiger partial charge in [-0.15, -0.1) is 0 Å². The first-order valence-corrected chi connectivity index (χ1v) is 5.04. The second-order valence-electron chi connectivity index (χ2n) is 3.74. The van der Waals surface area contributed by atoms with E-state index in [1.165, 1.54) is 21.9 Å². The Morgan fingerprint density at radius 2 is 1.80 bits per heavy atom. The highest BCUT2D eigenvalue weighted by Gasteiger charge is 2.00. The van der Waals surface area contributed by atoms with Crippen LogP contribution in [0.3, 0.4) is 0 Å². The van der Waals surface area contributed by atoms with Crippen molar-refractivity contribution in [3.05, 3.63) is 60.2 Å². The fraction of sp³-hybridized carbons (Fsp3) is 0.0667. The minimum absolute atomic E-state index is 1.14. The van der Waals surface area contributed by atoms with Crippen LogP contribution in [0, 0.1) is 6.92 Å². The fourth-order valence-corrected chi connectivity index (χ4v) is 1.81. The van der Waals surface area contributed by atoms with Crippen molar-refractivity contribution in [3.8, 4) is 0 Å². The summed E-state index contributed by atoms with van der Waals surface area (Å²) in [4.78, 5) is 0. The van der Waals surface area contributed by atoms with E-state index < -0.39 is 0 Å². The standard InChI is InChI=1S/C15H14/c1-4-12-9-13(5-2)15-8-11(3)6-7-14(15)10-12/h4-10H,1-2H2,3H3. The molecule has 0 heteroatoms. The van der Waals surface area contributed by atoms with Gasteiger partial charge < -0.3 is 0 Å². The van der Waals surface area contributed by atoms with Gasteiger partial charge in [0.1, 0.15) is 0 Å². The van der Waals surface area contributed by atoms with Crippen LogP contribution < -0.4 is 0 Å². The molecule has 0 aromatic heterocycles. The van der Waals surface area contributed by atoms with E-state index in [9.17, 15) is 0 Å². The Hall–Kier alpha value is -1.82. The van der Waals surface area contributed by atoms with E-state index in [0.717, 1.165) is 5.56 Å². The lowest BCUT2D eigenvalue weighted by Gasteiger charge is -2.05. The van der Waals surface area contributed by atoms with E-state index >= 15 is 0 Å². The predicted octanol–water partition coefficient (Wildman–Crippen LogP) is 4.43. The molecule has 0 heterocycles. The lowest BCUT2D eigenvalue weighted by atomic mass is 9.99. The van der Waals surface area contributed by atoms with Gasteiger partial charge in [-0.2, -0.15) is 0 Å². The van der Waals surface area contributed by atoms with Crippen molar-refractivity contribution >= 4 is 22.9 Å². The maximum atomic E-state index is 3.85. The van der Waals surface area contributed by atoms with E-state index in [1.54, 1.807) is 0 Å². The monoisotopic (exact) mass is 194 g/mol. The molecule has 0 aliphatic rings. The zero-order chi connectivity index (χ0) is 10.8. The van der Waals surface area contributed by atoms with Crippen LogP contribution in [0.15, 0.2) is 43.5 Å². The van der Waals surface area contributed by atoms with Crippen LogP contribution in [0.25, 0.3) is 22.9 Å². The molecule has 0 aliphatic carbocycles. The minimum atomic E-state index is 1.14. The van der Waals surface area contributed by atoms with Gasteiger partial charge >= 0.3 is 0 Å². The van der Waals surface area contributed by atoms with Gasteiger partial charge in [0.05, 0.1) is 0 Å². The van der Waals surface area contributed by atoms with Gasteiger partial charge in [-0.1, -0.05) is 49.1 Å². The summed E-state index contributed by atoms with van der Waals surface area (Å²) in [7, 11) is 0. The molecule has 0 spiro atoms. The van der Waals surface area contributed by atoms with Crippen molar-refractivity contribution in [2.45, 2.75) is 6.92 Å². The molecule has 0 unspecified atom stereocenters. The van der Waals surface area contributed by atoms with Crippen LogP contribution >= 0.6 is 0 Å². The van der Waals surface area contributed by atoms with Gasteiger partial charge in [0.2, 0.25) is 0 Å². The number of hydrogen-bond acceptors (Lipinski definition) is 0. The zero-order valence-corrected chi connectivity index (χ0v) is 8.96. The van der Waals surface area contributed by atoms with Crippen LogP contribution in [-0.4, -0.2) is 0 Å². The molecule has 2 aromatic rings. The number of rotatable bonds is 2. The van der Waals surface area contributed by atoms with Crippen molar-refractivity contribution in [2.24, 2.45) is 0 Å². The second-order valence-corrected chi connectivity index (χ2v) is 3.74. The molecule has 74 valence electrons. The van der Waals surface area contributed by atoms with Crippen molar-refractivity contribution in [2.75, 3.05) is 0 Å². The highest BCUT2D eigenvalue weighted by atomic mass is 14.0. The van der Waals surface area contributed by atoms with Gasteiger partial charge in [0.25, 0.3) is 0 Å². The molecule has 15 heavy (non-hydrogen) atoms. The average Bonchev–Trinajstić information content (AvgIpc) is 2.27. The van der Waals surface area contributed by atoms with Gasteiger partial charge in [-0.3, -0.25) is 0 Å². The Morgan fingerprint density at radius 3 is 2.47 bits per heavy atom. The van der Waals surface area contributed by atoms with Crippen LogP contribution in [0.1, 0.15) is 16.7 Å². The summed E-state index contributed by atoms with van der Waals surface area (Å²) in [5.74, 6) is 0. The Morgan fingerprint density at radius 1 is 1.00 bits per heavy atom. The second kappa shape index (κ2) is 3.74. The molecule has 0 bridgehead atoms. The molecule has 0 saturated carbocycles. The van der Waals surface area contributed by atoms with Crippen molar-refractivity contribution in [1.82, 2.24) is 0 Å². The molecular weight excluding hydrogens is 180 g/mol. The summed E-state index contributed by atoms with van der Waals surface area (Å²) in [6, 6.07) is 10.7. The maximum absolute atomic E-state index is 3.85. The molecule has 2 rings (SSSR count). The number of fused-ring (bicyclic) bond motifs is 1. The van der Waals surface area contributed by atoms with E-state index in [2.05, 4.69) is 50.4 Å². The Balaban J connectivity index is 2.86. The van der Waals surface area contributed by atoms with E-state index in [-0.39, 0.29) is 0 Å². The Labute approximate surface area is 90.6 Å². The summed E-state index contributed by atoms with van der Waals surface area (Å²) < 4.78 is 0. The van der Waals surface area contributed by atoms with Crippen molar-refractivity contribution in [1.29, 1.82) is 0 Å². The molecule has 2 aromatic carbocycles. The average molecular weight is 194 g/mol. The van der Waals surface area contributed by atoms with Gasteiger partial charge in [0.15, 0.2) is 0 Å². The number of hydrogen-bond donors (Lipinski definition) is 0. The predicted molar refractivity (Wildman–Crippen MR) is 68.9 cm³/mol. The fourth-order valence-electron chi connectivity index (χ4n) is 1.81. The third-order valence-electron chi connectivity index (χ3n) is 2.62. The van der Waals surface area contributed by atoms with Crippen LogP contribution in [0.2, 0.25) is 0 Å². The third kappa shape index (κ3) is 1.71. The lowest BCUT2D eigenvalue weighted by Crippen LogP contribution is -1.82. The van der Waals surface area contributed by atoms with Gasteiger partial charge in [-0.05, 0) is 41.0 Å². The van der Waals surface area contributed by atoms with Gasteiger partial charge in [-0.25, -0.2) is 0 Å². The highest BCUT2D eigenvalue weighted by Crippen LogP contribution is 2.23. The molecule has 0 amide bonds. The molecule has 0 aliphatic heterocycles. The lowest BCUT2D eigenvalue weighted by molar-refractivity contribution is 1.50. The first-order chi connectivity index (χ1) is 7.24. The Kier molecular flexibility index (Phi) is 2.42. The molecule has 0 fully saturated rings. The van der Waals surface area contributed by atoms with Crippen LogP contribution in [0.4, 0.5) is 0 Å². The van der Waals surface area contributed by atoms with Crippen LogP contribution in [-0.2, 0) is 0 Å². The van der Waals surface area contributed by atoms with Crippen molar-refractivity contribution in [3.63, 3.8) is 0 Å². The molecular formula is C15H14. The van der Waals surface area contributed by atoms with E-state index in [4.69, 9.17) is 0 Å². The molecule has 0 radical (unpaired) electrons. The quantitative estimate of drug-likeness (QED) is 0.663. The summed E-state index contributed by atoms with van der Waals surface area (Å²) >= 11 is 0. The molecule has 0 N–H and O–H groups in total. The highest BCUT2D eigenvalue weighted by molar-refractivity contribution is 5.92. The van der Waals surface area contributed by atoms with E-state index in [1.807, 2.05) is 12.2 Å². The summed E-state index contributed by atoms with van der Waals surface area (Å²) in [5.41, 5.74) is 3.59. The number of benzene rings is 2. The summed E-state index contributed by atoms with van der Waals surface area (Å²) in [6.45, 7) is 9.75. The van der Waals surface area contributed by atoms with Crippen molar-refractivity contribution < 1.29 is 0 Å². The zero-order valence-electron chi connectivity index (χ0n) is 8.96. The molecule has 0 saturated heterocycles. The summed E-state index contributed by atoms with van der Waals surface area (Å²) in [5, 5.41) is 2.50. The number of aryl methyl sites for hydroxylation is 1. The first-order valence-electron chi connectivity index (χ1n) is 5.04. The smallest absolute Gasteiger partial charge is 0.0109 e. The normalized spacial score (nSPS) is 10.2. The minimum Gasteiger partial charge on any atom is -0.0985 e. The first kappa shape index (κ1) is 9.72. The molecule has 0 nitrogen and oxygen atoms in total. The maximum Gasteiger partial charge on any atom is -0.0109 e. The SMILES string of the molecule is C=Cc1cc(C=C)c2cc(C)ccc2c1.